The van der Waals surface area contributed by atoms with E-state index in [1.165, 1.54) is 4.90 Å². The molecule has 0 spiro atoms. The Morgan fingerprint density at radius 3 is 2.69 bits per heavy atom. The van der Waals surface area contributed by atoms with Gasteiger partial charge in [-0.3, -0.25) is 14.4 Å². The fraction of sp³-hybridized carbons (Fsp3) is 0.261. The van der Waals surface area contributed by atoms with E-state index in [1.807, 2.05) is 0 Å². The van der Waals surface area contributed by atoms with E-state index >= 15 is 0 Å². The Balaban J connectivity index is 1.51. The van der Waals surface area contributed by atoms with Gasteiger partial charge < -0.3 is 19.2 Å². The van der Waals surface area contributed by atoms with Crippen LogP contribution >= 0.6 is 23.2 Å². The van der Waals surface area contributed by atoms with Gasteiger partial charge in [0.05, 0.1) is 27.6 Å². The largest absolute Gasteiger partial charge is 0.488 e. The molecule has 32 heavy (non-hydrogen) atoms. The number of ether oxygens (including phenoxy) is 1. The summed E-state index contributed by atoms with van der Waals surface area (Å²) in [7, 11) is 0. The third-order valence-corrected chi connectivity index (χ3v) is 6.47. The van der Waals surface area contributed by atoms with Crippen LogP contribution in [-0.4, -0.2) is 29.6 Å². The molecule has 2 heterocycles. The molecule has 5 rings (SSSR count). The third kappa shape index (κ3) is 3.42. The lowest BCUT2D eigenvalue weighted by atomic mass is 9.82. The van der Waals surface area contributed by atoms with E-state index in [0.29, 0.717) is 46.7 Å². The van der Waals surface area contributed by atoms with Crippen molar-refractivity contribution in [1.82, 2.24) is 0 Å². The van der Waals surface area contributed by atoms with Crippen LogP contribution in [0.5, 0.6) is 5.75 Å². The quantitative estimate of drug-likeness (QED) is 0.596. The number of benzene rings is 2. The number of amides is 1. The van der Waals surface area contributed by atoms with E-state index in [4.69, 9.17) is 37.5 Å². The minimum Gasteiger partial charge on any atom is -0.488 e. The number of nitrogens with zero attached hydrogens (tertiary/aromatic N) is 1. The molecule has 0 bridgehead atoms. The summed E-state index contributed by atoms with van der Waals surface area (Å²) >= 11 is 12.3. The van der Waals surface area contributed by atoms with Crippen molar-refractivity contribution in [3.05, 3.63) is 68.0 Å². The predicted octanol–water partition coefficient (Wildman–Crippen LogP) is 4.54. The molecule has 1 amide bonds. The number of rotatable bonds is 4. The van der Waals surface area contributed by atoms with Crippen molar-refractivity contribution in [3.63, 3.8) is 0 Å². The Labute approximate surface area is 192 Å². The number of carboxylic acid groups (broad SMARTS) is 1. The van der Waals surface area contributed by atoms with Crippen molar-refractivity contribution in [2.45, 2.75) is 25.4 Å². The van der Waals surface area contributed by atoms with Gasteiger partial charge in [0.1, 0.15) is 11.9 Å². The first-order chi connectivity index (χ1) is 15.3. The number of carbonyl (C=O) groups is 2. The zero-order chi connectivity index (χ0) is 22.6. The van der Waals surface area contributed by atoms with Crippen molar-refractivity contribution in [2.75, 3.05) is 11.4 Å². The number of fused-ring (bicyclic) bond motifs is 2. The number of aliphatic carboxylic acids is 1. The molecule has 7 nitrogen and oxygen atoms in total. The Bertz CT molecular complexity index is 1330. The molecular formula is C23H17Cl2NO6. The van der Waals surface area contributed by atoms with Crippen LogP contribution in [0.2, 0.25) is 10.0 Å². The monoisotopic (exact) mass is 473 g/mol. The fourth-order valence-corrected chi connectivity index (χ4v) is 4.52. The van der Waals surface area contributed by atoms with Crippen LogP contribution in [0.1, 0.15) is 29.0 Å². The molecule has 1 fully saturated rings. The number of carbonyl (C=O) groups excluding carboxylic acids is 1. The maximum Gasteiger partial charge on any atom is 0.306 e. The summed E-state index contributed by atoms with van der Waals surface area (Å²) in [5.41, 5.74) is 0.708. The molecule has 1 aliphatic carbocycles. The average Bonchev–Trinajstić information content (AvgIpc) is 2.72. The van der Waals surface area contributed by atoms with Crippen molar-refractivity contribution in [1.29, 1.82) is 0 Å². The third-order valence-electron chi connectivity index (χ3n) is 5.94. The highest BCUT2D eigenvalue weighted by atomic mass is 35.5. The van der Waals surface area contributed by atoms with Gasteiger partial charge in [0, 0.05) is 17.6 Å². The molecule has 0 radical (unpaired) electrons. The van der Waals surface area contributed by atoms with E-state index in [0.717, 1.165) is 0 Å². The van der Waals surface area contributed by atoms with Crippen LogP contribution in [-0.2, 0) is 11.2 Å². The van der Waals surface area contributed by atoms with Gasteiger partial charge >= 0.3 is 5.97 Å². The zero-order valence-electron chi connectivity index (χ0n) is 16.6. The minimum atomic E-state index is -0.847. The minimum absolute atomic E-state index is 0.0441. The molecule has 9 heteroatoms. The zero-order valence-corrected chi connectivity index (χ0v) is 18.2. The van der Waals surface area contributed by atoms with E-state index < -0.39 is 17.8 Å². The Hall–Kier alpha value is -3.03. The van der Waals surface area contributed by atoms with E-state index in [9.17, 15) is 14.4 Å². The molecule has 0 atom stereocenters. The Morgan fingerprint density at radius 1 is 1.16 bits per heavy atom. The summed E-state index contributed by atoms with van der Waals surface area (Å²) in [6.45, 7) is 0.253. The van der Waals surface area contributed by atoms with Gasteiger partial charge in [-0.05, 0) is 43.5 Å². The summed E-state index contributed by atoms with van der Waals surface area (Å²) < 4.78 is 11.8. The normalized spacial score (nSPS) is 20.1. The fourth-order valence-electron chi connectivity index (χ4n) is 4.15. The molecule has 1 saturated carbocycles. The molecule has 0 unspecified atom stereocenters. The average molecular weight is 474 g/mol. The molecule has 2 aliphatic rings. The maximum atomic E-state index is 13.4. The molecule has 164 valence electrons. The van der Waals surface area contributed by atoms with Crippen molar-refractivity contribution in [2.24, 2.45) is 5.92 Å². The van der Waals surface area contributed by atoms with Crippen molar-refractivity contribution >= 4 is 51.7 Å². The molecule has 1 aliphatic heterocycles. The van der Waals surface area contributed by atoms with E-state index in [-0.39, 0.29) is 34.4 Å². The smallest absolute Gasteiger partial charge is 0.306 e. The summed E-state index contributed by atoms with van der Waals surface area (Å²) in [5.74, 6) is -1.42. The van der Waals surface area contributed by atoms with Gasteiger partial charge in [-0.2, -0.15) is 0 Å². The number of halogens is 2. The van der Waals surface area contributed by atoms with E-state index in [1.54, 1.807) is 36.4 Å². The highest BCUT2D eigenvalue weighted by Crippen LogP contribution is 2.39. The molecule has 0 saturated heterocycles. The van der Waals surface area contributed by atoms with Crippen LogP contribution in [0, 0.1) is 5.92 Å². The van der Waals surface area contributed by atoms with Crippen LogP contribution in [0.25, 0.3) is 11.0 Å². The van der Waals surface area contributed by atoms with Crippen LogP contribution in [0.3, 0.4) is 0 Å². The van der Waals surface area contributed by atoms with Gasteiger partial charge in [-0.15, -0.1) is 0 Å². The second-order valence-electron chi connectivity index (χ2n) is 7.92. The lowest BCUT2D eigenvalue weighted by Crippen LogP contribution is -2.41. The number of carboxylic acids is 1. The van der Waals surface area contributed by atoms with E-state index in [2.05, 4.69) is 0 Å². The van der Waals surface area contributed by atoms with Crippen molar-refractivity contribution < 1.29 is 23.8 Å². The lowest BCUT2D eigenvalue weighted by molar-refractivity contribution is -0.147. The summed E-state index contributed by atoms with van der Waals surface area (Å²) in [5, 5.41) is 10.1. The molecule has 1 N–H and O–H groups in total. The Morgan fingerprint density at radius 2 is 1.94 bits per heavy atom. The maximum absolute atomic E-state index is 13.4. The molecule has 2 aromatic carbocycles. The highest BCUT2D eigenvalue weighted by Gasteiger charge is 2.38. The second kappa shape index (κ2) is 7.83. The first kappa shape index (κ1) is 20.8. The first-order valence-corrected chi connectivity index (χ1v) is 10.8. The highest BCUT2D eigenvalue weighted by molar-refractivity contribution is 6.34. The van der Waals surface area contributed by atoms with Crippen LogP contribution in [0.4, 0.5) is 5.69 Å². The van der Waals surface area contributed by atoms with Gasteiger partial charge in [0.15, 0.2) is 16.8 Å². The lowest BCUT2D eigenvalue weighted by Gasteiger charge is -2.35. The molecule has 1 aromatic heterocycles. The van der Waals surface area contributed by atoms with Gasteiger partial charge in [0.25, 0.3) is 5.91 Å². The summed E-state index contributed by atoms with van der Waals surface area (Å²) in [4.78, 5) is 38.8. The van der Waals surface area contributed by atoms with Crippen molar-refractivity contribution in [3.8, 4) is 5.75 Å². The number of hydrogen-bond acceptors (Lipinski definition) is 5. The second-order valence-corrected chi connectivity index (χ2v) is 8.76. The number of hydrogen-bond donors (Lipinski definition) is 1. The van der Waals surface area contributed by atoms with Gasteiger partial charge in [0.2, 0.25) is 0 Å². The topological polar surface area (TPSA) is 97.1 Å². The van der Waals surface area contributed by atoms with Gasteiger partial charge in [-0.25, -0.2) is 0 Å². The number of para-hydroxylation sites is 1. The first-order valence-electron chi connectivity index (χ1n) is 10.1. The summed E-state index contributed by atoms with van der Waals surface area (Å²) in [6, 6.07) is 9.79. The SMILES string of the molecule is O=C(O)C1CC(Oc2cc(Cl)ccc2N2CCc3c(oc4c(Cl)cccc4c3=O)C2=O)C1. The summed E-state index contributed by atoms with van der Waals surface area (Å²) in [6.07, 6.45) is 0.800. The van der Waals surface area contributed by atoms with Crippen LogP contribution < -0.4 is 15.1 Å². The standard InChI is InChI=1S/C23H17Cl2NO6/c24-12-4-5-17(18(10-12)31-13-8-11(9-13)23(29)30)26-7-6-15-19(27)14-2-1-3-16(25)20(14)32-21(15)22(26)28/h1-5,10-11,13H,6-9H2,(H,29,30). The molecular weight excluding hydrogens is 457 g/mol. The Kier molecular flexibility index (Phi) is 5.10. The number of anilines is 1. The van der Waals surface area contributed by atoms with Gasteiger partial charge in [-0.1, -0.05) is 29.3 Å². The predicted molar refractivity (Wildman–Crippen MR) is 119 cm³/mol. The molecule has 3 aromatic rings. The van der Waals surface area contributed by atoms with Crippen LogP contribution in [0.15, 0.2) is 45.6 Å².